The van der Waals surface area contributed by atoms with Crippen LogP contribution < -0.4 is 14.8 Å². The molecule has 88 valence electrons. The molecule has 1 atom stereocenters. The average Bonchev–Trinajstić information content (AvgIpc) is 2.33. The van der Waals surface area contributed by atoms with Gasteiger partial charge in [-0.3, -0.25) is 0 Å². The number of ether oxygens (including phenoxy) is 2. The minimum absolute atomic E-state index is 0.211. The Hall–Kier alpha value is -1.29. The Balaban J connectivity index is 2.01. The third-order valence-electron chi connectivity index (χ3n) is 2.57. The van der Waals surface area contributed by atoms with Crippen LogP contribution in [-0.4, -0.2) is 30.8 Å². The molecule has 1 aliphatic heterocycles. The summed E-state index contributed by atoms with van der Waals surface area (Å²) in [5.41, 5.74) is 0. The average molecular weight is 222 g/mol. The maximum absolute atomic E-state index is 5.84. The monoisotopic (exact) mass is 222 g/mol. The fourth-order valence-electron chi connectivity index (χ4n) is 1.81. The van der Waals surface area contributed by atoms with Crippen molar-refractivity contribution in [1.29, 1.82) is 0 Å². The quantitative estimate of drug-likeness (QED) is 0.840. The lowest BCUT2D eigenvalue weighted by Crippen LogP contribution is -2.37. The van der Waals surface area contributed by atoms with Crippen molar-refractivity contribution in [2.24, 2.45) is 0 Å². The molecular weight excluding hydrogens is 204 g/mol. The van der Waals surface area contributed by atoms with Gasteiger partial charge in [-0.2, -0.15) is 0 Å². The molecule has 1 fully saturated rings. The molecule has 4 heteroatoms. The van der Waals surface area contributed by atoms with Gasteiger partial charge in [0.1, 0.15) is 6.10 Å². The van der Waals surface area contributed by atoms with Crippen LogP contribution in [0.3, 0.4) is 0 Å². The normalized spacial score (nSPS) is 20.4. The summed E-state index contributed by atoms with van der Waals surface area (Å²) in [6.07, 6.45) is 4.17. The third-order valence-corrected chi connectivity index (χ3v) is 2.57. The number of aromatic nitrogens is 1. The molecule has 0 aromatic carbocycles. The van der Waals surface area contributed by atoms with Crippen molar-refractivity contribution in [3.63, 3.8) is 0 Å². The zero-order valence-corrected chi connectivity index (χ0v) is 9.61. The SMILES string of the molecule is CCOc1cccnc1OC1CCCNC1. The van der Waals surface area contributed by atoms with Gasteiger partial charge in [-0.05, 0) is 38.4 Å². The van der Waals surface area contributed by atoms with Gasteiger partial charge in [0.25, 0.3) is 5.88 Å². The van der Waals surface area contributed by atoms with Gasteiger partial charge in [0.15, 0.2) is 5.75 Å². The van der Waals surface area contributed by atoms with Gasteiger partial charge in [-0.25, -0.2) is 4.98 Å². The van der Waals surface area contributed by atoms with Crippen LogP contribution in [0.4, 0.5) is 0 Å². The highest BCUT2D eigenvalue weighted by molar-refractivity contribution is 5.32. The lowest BCUT2D eigenvalue weighted by atomic mass is 10.1. The molecule has 1 saturated heterocycles. The molecule has 2 rings (SSSR count). The van der Waals surface area contributed by atoms with Crippen LogP contribution in [0.2, 0.25) is 0 Å². The first-order chi connectivity index (χ1) is 7.90. The van der Waals surface area contributed by atoms with Crippen molar-refractivity contribution in [3.05, 3.63) is 18.3 Å². The van der Waals surface area contributed by atoms with Crippen LogP contribution in [0.1, 0.15) is 19.8 Å². The standard InChI is InChI=1S/C12H18N2O2/c1-2-15-11-6-4-8-14-12(11)16-10-5-3-7-13-9-10/h4,6,8,10,13H,2-3,5,7,9H2,1H3. The van der Waals surface area contributed by atoms with Crippen molar-refractivity contribution >= 4 is 0 Å². The minimum atomic E-state index is 0.211. The van der Waals surface area contributed by atoms with Crippen molar-refractivity contribution < 1.29 is 9.47 Å². The molecule has 1 N–H and O–H groups in total. The van der Waals surface area contributed by atoms with E-state index in [1.54, 1.807) is 6.20 Å². The summed E-state index contributed by atoms with van der Waals surface area (Å²) in [6, 6.07) is 3.75. The van der Waals surface area contributed by atoms with E-state index in [1.165, 1.54) is 0 Å². The molecule has 0 radical (unpaired) electrons. The Morgan fingerprint density at radius 2 is 2.50 bits per heavy atom. The maximum Gasteiger partial charge on any atom is 0.257 e. The summed E-state index contributed by atoms with van der Waals surface area (Å²) in [6.45, 7) is 4.56. The smallest absolute Gasteiger partial charge is 0.257 e. The topological polar surface area (TPSA) is 43.4 Å². The third kappa shape index (κ3) is 2.85. The summed E-state index contributed by atoms with van der Waals surface area (Å²) in [5, 5.41) is 3.31. The van der Waals surface area contributed by atoms with Crippen molar-refractivity contribution in [1.82, 2.24) is 10.3 Å². The predicted octanol–water partition coefficient (Wildman–Crippen LogP) is 1.61. The first kappa shape index (κ1) is 11.2. The minimum Gasteiger partial charge on any atom is -0.488 e. The van der Waals surface area contributed by atoms with E-state index in [0.717, 1.165) is 31.7 Å². The summed E-state index contributed by atoms with van der Waals surface area (Å²) in [5.74, 6) is 1.34. The maximum atomic E-state index is 5.84. The molecule has 16 heavy (non-hydrogen) atoms. The largest absolute Gasteiger partial charge is 0.488 e. The van der Waals surface area contributed by atoms with Crippen molar-refractivity contribution in [2.45, 2.75) is 25.9 Å². The summed E-state index contributed by atoms with van der Waals surface area (Å²) in [7, 11) is 0. The van der Waals surface area contributed by atoms with Crippen LogP contribution in [-0.2, 0) is 0 Å². The molecule has 1 aliphatic rings. The molecule has 1 unspecified atom stereocenters. The second-order valence-electron chi connectivity index (χ2n) is 3.83. The Morgan fingerprint density at radius 1 is 1.56 bits per heavy atom. The lowest BCUT2D eigenvalue weighted by Gasteiger charge is -2.24. The molecular formula is C12H18N2O2. The van der Waals surface area contributed by atoms with Gasteiger partial charge in [0, 0.05) is 12.7 Å². The second kappa shape index (κ2) is 5.70. The van der Waals surface area contributed by atoms with Crippen molar-refractivity contribution in [3.8, 4) is 11.6 Å². The van der Waals surface area contributed by atoms with Crippen LogP contribution in [0.25, 0.3) is 0 Å². The summed E-state index contributed by atoms with van der Waals surface area (Å²) < 4.78 is 11.3. The molecule has 0 spiro atoms. The van der Waals surface area contributed by atoms with E-state index in [4.69, 9.17) is 9.47 Å². The lowest BCUT2D eigenvalue weighted by molar-refractivity contribution is 0.152. The second-order valence-corrected chi connectivity index (χ2v) is 3.83. The van der Waals surface area contributed by atoms with Gasteiger partial charge >= 0.3 is 0 Å². The van der Waals surface area contributed by atoms with Crippen LogP contribution >= 0.6 is 0 Å². The molecule has 0 saturated carbocycles. The Bertz CT molecular complexity index is 325. The van der Waals surface area contributed by atoms with E-state index in [9.17, 15) is 0 Å². The number of hydrogen-bond acceptors (Lipinski definition) is 4. The molecule has 0 aliphatic carbocycles. The van der Waals surface area contributed by atoms with Gasteiger partial charge in [0.05, 0.1) is 6.61 Å². The van der Waals surface area contributed by atoms with E-state index in [1.807, 2.05) is 19.1 Å². The van der Waals surface area contributed by atoms with Gasteiger partial charge in [-0.15, -0.1) is 0 Å². The fourth-order valence-corrected chi connectivity index (χ4v) is 1.81. The fraction of sp³-hybridized carbons (Fsp3) is 0.583. The van der Waals surface area contributed by atoms with Gasteiger partial charge < -0.3 is 14.8 Å². The number of nitrogens with zero attached hydrogens (tertiary/aromatic N) is 1. The number of pyridine rings is 1. The van der Waals surface area contributed by atoms with E-state index >= 15 is 0 Å². The molecule has 1 aromatic rings. The molecule has 0 amide bonds. The van der Waals surface area contributed by atoms with E-state index in [2.05, 4.69) is 10.3 Å². The highest BCUT2D eigenvalue weighted by Gasteiger charge is 2.17. The van der Waals surface area contributed by atoms with E-state index < -0.39 is 0 Å². The first-order valence-electron chi connectivity index (χ1n) is 5.85. The first-order valence-corrected chi connectivity index (χ1v) is 5.85. The summed E-state index contributed by atoms with van der Waals surface area (Å²) >= 11 is 0. The highest BCUT2D eigenvalue weighted by atomic mass is 16.5. The van der Waals surface area contributed by atoms with Crippen LogP contribution in [0, 0.1) is 0 Å². The number of nitrogens with one attached hydrogen (secondary N) is 1. The molecule has 4 nitrogen and oxygen atoms in total. The summed E-state index contributed by atoms with van der Waals surface area (Å²) in [4.78, 5) is 4.22. The van der Waals surface area contributed by atoms with Crippen molar-refractivity contribution in [2.75, 3.05) is 19.7 Å². The van der Waals surface area contributed by atoms with E-state index in [-0.39, 0.29) is 6.10 Å². The van der Waals surface area contributed by atoms with E-state index in [0.29, 0.717) is 12.5 Å². The Labute approximate surface area is 96.0 Å². The van der Waals surface area contributed by atoms with Crippen LogP contribution in [0.15, 0.2) is 18.3 Å². The molecule has 0 bridgehead atoms. The molecule has 1 aromatic heterocycles. The number of rotatable bonds is 4. The number of hydrogen-bond donors (Lipinski definition) is 1. The highest BCUT2D eigenvalue weighted by Crippen LogP contribution is 2.25. The van der Waals surface area contributed by atoms with Gasteiger partial charge in [0.2, 0.25) is 0 Å². The zero-order valence-electron chi connectivity index (χ0n) is 9.61. The van der Waals surface area contributed by atoms with Crippen LogP contribution in [0.5, 0.6) is 11.6 Å². The van der Waals surface area contributed by atoms with Gasteiger partial charge in [-0.1, -0.05) is 0 Å². The predicted molar refractivity (Wildman–Crippen MR) is 61.9 cm³/mol. The number of piperidine rings is 1. The zero-order chi connectivity index (χ0) is 11.2. The Kier molecular flexibility index (Phi) is 3.99. The molecule has 2 heterocycles. The Morgan fingerprint density at radius 3 is 3.25 bits per heavy atom.